The first kappa shape index (κ1) is 21.7. The van der Waals surface area contributed by atoms with E-state index >= 15 is 0 Å². The van der Waals surface area contributed by atoms with Crippen LogP contribution in [0.4, 0.5) is 11.4 Å². The smallest absolute Gasteiger partial charge is 0.337 e. The number of hydrogen-bond acceptors (Lipinski definition) is 4. The summed E-state index contributed by atoms with van der Waals surface area (Å²) >= 11 is 0. The van der Waals surface area contributed by atoms with Crippen LogP contribution in [0.2, 0.25) is 0 Å². The van der Waals surface area contributed by atoms with Crippen LogP contribution in [-0.2, 0) is 0 Å². The molecule has 0 aliphatic carbocycles. The SMILES string of the molecule is Oc1ccccc1C1=NC(C2N=C(c3ccccc3O)C=[N+]2c2ccccc2)[N+](c2ccccc2)=C1. The molecule has 0 radical (unpaired) electrons. The number of aliphatic imine (C=N–C) groups is 2. The van der Waals surface area contributed by atoms with Crippen molar-refractivity contribution in [3.05, 3.63) is 120 Å². The van der Waals surface area contributed by atoms with Gasteiger partial charge in [-0.2, -0.15) is 9.15 Å². The molecule has 4 aromatic carbocycles. The molecule has 6 rings (SSSR count). The number of phenolic OH excluding ortho intramolecular Hbond substituents is 2. The lowest BCUT2D eigenvalue weighted by Gasteiger charge is -2.12. The number of rotatable bonds is 5. The average Bonchev–Trinajstić information content (AvgIpc) is 3.55. The molecule has 0 saturated carbocycles. The third kappa shape index (κ3) is 3.88. The van der Waals surface area contributed by atoms with Crippen LogP contribution in [0.25, 0.3) is 0 Å². The Morgan fingerprint density at radius 3 is 1.22 bits per heavy atom. The van der Waals surface area contributed by atoms with Gasteiger partial charge in [0.2, 0.25) is 11.4 Å². The van der Waals surface area contributed by atoms with Gasteiger partial charge < -0.3 is 10.2 Å². The van der Waals surface area contributed by atoms with Gasteiger partial charge in [-0.25, -0.2) is 9.98 Å². The quantitative estimate of drug-likeness (QED) is 0.406. The Hall–Kier alpha value is -4.84. The Kier molecular flexibility index (Phi) is 5.46. The molecule has 0 fully saturated rings. The normalized spacial score (nSPS) is 18.9. The van der Waals surface area contributed by atoms with Gasteiger partial charge in [0.05, 0.1) is 0 Å². The van der Waals surface area contributed by atoms with E-state index < -0.39 is 12.3 Å². The molecule has 174 valence electrons. The monoisotopic (exact) mass is 472 g/mol. The molecule has 36 heavy (non-hydrogen) atoms. The second-order valence-electron chi connectivity index (χ2n) is 8.63. The summed E-state index contributed by atoms with van der Waals surface area (Å²) in [5, 5.41) is 21.1. The Balaban J connectivity index is 1.52. The number of phenols is 2. The Morgan fingerprint density at radius 2 is 0.833 bits per heavy atom. The van der Waals surface area contributed by atoms with Gasteiger partial charge in [0, 0.05) is 35.4 Å². The van der Waals surface area contributed by atoms with Gasteiger partial charge in [0.25, 0.3) is 0 Å². The Morgan fingerprint density at radius 1 is 0.472 bits per heavy atom. The van der Waals surface area contributed by atoms with Crippen LogP contribution in [0.3, 0.4) is 0 Å². The van der Waals surface area contributed by atoms with Gasteiger partial charge in [-0.05, 0) is 24.3 Å². The molecule has 2 heterocycles. The summed E-state index contributed by atoms with van der Waals surface area (Å²) in [5.74, 6) is 0.356. The highest BCUT2D eigenvalue weighted by Gasteiger charge is 2.47. The highest BCUT2D eigenvalue weighted by atomic mass is 16.3. The molecule has 0 amide bonds. The molecule has 0 saturated heterocycles. The molecule has 2 aliphatic rings. The molecule has 0 aromatic heterocycles. The number of hydrogen-bond donors (Lipinski definition) is 2. The molecular formula is C30H24N4O2+2. The van der Waals surface area contributed by atoms with Crippen molar-refractivity contribution in [2.24, 2.45) is 9.98 Å². The predicted octanol–water partition coefficient (Wildman–Crippen LogP) is 4.89. The zero-order valence-electron chi connectivity index (χ0n) is 19.4. The van der Waals surface area contributed by atoms with E-state index in [9.17, 15) is 10.2 Å². The predicted molar refractivity (Wildman–Crippen MR) is 142 cm³/mol. The fourth-order valence-electron chi connectivity index (χ4n) is 4.63. The topological polar surface area (TPSA) is 71.2 Å². The largest absolute Gasteiger partial charge is 0.507 e. The van der Waals surface area contributed by atoms with Crippen molar-refractivity contribution in [1.82, 2.24) is 0 Å². The van der Waals surface area contributed by atoms with E-state index in [0.29, 0.717) is 22.6 Å². The molecule has 0 bridgehead atoms. The van der Waals surface area contributed by atoms with Crippen LogP contribution in [-0.4, -0.2) is 55.5 Å². The molecular weight excluding hydrogens is 448 g/mol. The summed E-state index contributed by atoms with van der Waals surface area (Å²) in [6.07, 6.45) is 3.10. The van der Waals surface area contributed by atoms with Crippen LogP contribution >= 0.6 is 0 Å². The molecule has 2 atom stereocenters. The summed E-state index contributed by atoms with van der Waals surface area (Å²) in [6.45, 7) is 0. The van der Waals surface area contributed by atoms with Gasteiger partial charge in [-0.15, -0.1) is 0 Å². The first-order chi connectivity index (χ1) is 17.7. The van der Waals surface area contributed by atoms with Gasteiger partial charge in [0.1, 0.15) is 22.9 Å². The lowest BCUT2D eigenvalue weighted by atomic mass is 10.1. The minimum absolute atomic E-state index is 0.178. The maximum atomic E-state index is 10.5. The van der Waals surface area contributed by atoms with Gasteiger partial charge in [-0.1, -0.05) is 60.7 Å². The summed E-state index contributed by atoms with van der Waals surface area (Å²) < 4.78 is 4.18. The lowest BCUT2D eigenvalue weighted by Crippen LogP contribution is -2.35. The fourth-order valence-corrected chi connectivity index (χ4v) is 4.63. The molecule has 2 N–H and O–H groups in total. The second-order valence-corrected chi connectivity index (χ2v) is 8.63. The zero-order chi connectivity index (χ0) is 24.5. The van der Waals surface area contributed by atoms with E-state index in [1.165, 1.54) is 0 Å². The molecule has 6 nitrogen and oxygen atoms in total. The van der Waals surface area contributed by atoms with E-state index in [-0.39, 0.29) is 11.5 Å². The van der Waals surface area contributed by atoms with Crippen LogP contribution in [0.5, 0.6) is 11.5 Å². The van der Waals surface area contributed by atoms with Gasteiger partial charge >= 0.3 is 12.3 Å². The molecule has 4 aromatic rings. The minimum Gasteiger partial charge on any atom is -0.507 e. The third-order valence-electron chi connectivity index (χ3n) is 6.37. The van der Waals surface area contributed by atoms with Crippen molar-refractivity contribution in [3.63, 3.8) is 0 Å². The standard InChI is InChI=1S/C30H22N4O2/c35-27-17-9-7-15-23(27)25-19-33(21-11-3-1-4-12-21)29(31-25)30-32-26(24-16-8-10-18-28(24)36)20-34(30)22-13-5-2-6-14-22/h1-20,29-30H/p+2. The summed E-state index contributed by atoms with van der Waals surface area (Å²) in [7, 11) is 0. The van der Waals surface area contributed by atoms with Gasteiger partial charge in [-0.3, -0.25) is 0 Å². The lowest BCUT2D eigenvalue weighted by molar-refractivity contribution is -0.570. The summed E-state index contributed by atoms with van der Waals surface area (Å²) in [4.78, 5) is 10.2. The zero-order valence-corrected chi connectivity index (χ0v) is 19.4. The average molecular weight is 473 g/mol. The molecule has 0 spiro atoms. The van der Waals surface area contributed by atoms with E-state index in [1.807, 2.05) is 97.4 Å². The van der Waals surface area contributed by atoms with Crippen molar-refractivity contribution in [2.75, 3.05) is 0 Å². The Bertz CT molecular complexity index is 1440. The fraction of sp³-hybridized carbons (Fsp3) is 0.0667. The third-order valence-corrected chi connectivity index (χ3v) is 6.37. The van der Waals surface area contributed by atoms with Crippen LogP contribution in [0.1, 0.15) is 11.1 Å². The van der Waals surface area contributed by atoms with E-state index in [0.717, 1.165) is 11.4 Å². The van der Waals surface area contributed by atoms with Crippen LogP contribution in [0, 0.1) is 0 Å². The minimum atomic E-state index is -0.415. The van der Waals surface area contributed by atoms with Crippen molar-refractivity contribution in [3.8, 4) is 11.5 Å². The summed E-state index contributed by atoms with van der Waals surface area (Å²) in [5.41, 5.74) is 4.63. The second kappa shape index (κ2) is 9.07. The summed E-state index contributed by atoms with van der Waals surface area (Å²) in [6, 6.07) is 34.5. The van der Waals surface area contributed by atoms with Crippen molar-refractivity contribution >= 4 is 35.2 Å². The van der Waals surface area contributed by atoms with Crippen molar-refractivity contribution < 1.29 is 19.4 Å². The number of benzene rings is 4. The van der Waals surface area contributed by atoms with Crippen molar-refractivity contribution in [1.29, 1.82) is 0 Å². The molecule has 6 heteroatoms. The first-order valence-electron chi connectivity index (χ1n) is 11.8. The van der Waals surface area contributed by atoms with Crippen LogP contribution < -0.4 is 0 Å². The number of aromatic hydroxyl groups is 2. The number of nitrogens with zero attached hydrogens (tertiary/aromatic N) is 4. The molecule has 2 unspecified atom stereocenters. The highest BCUT2D eigenvalue weighted by Crippen LogP contribution is 2.30. The van der Waals surface area contributed by atoms with Crippen molar-refractivity contribution in [2.45, 2.75) is 12.3 Å². The maximum Gasteiger partial charge on any atom is 0.337 e. The number of para-hydroxylation sites is 4. The molecule has 2 aliphatic heterocycles. The van der Waals surface area contributed by atoms with E-state index in [1.54, 1.807) is 24.3 Å². The highest BCUT2D eigenvalue weighted by molar-refractivity contribution is 6.39. The first-order valence-corrected chi connectivity index (χ1v) is 11.8. The van der Waals surface area contributed by atoms with E-state index in [2.05, 4.69) is 9.15 Å². The maximum absolute atomic E-state index is 10.5. The Labute approximate surface area is 208 Å². The van der Waals surface area contributed by atoms with Crippen LogP contribution in [0.15, 0.2) is 119 Å². The van der Waals surface area contributed by atoms with Gasteiger partial charge in [0.15, 0.2) is 12.4 Å². The van der Waals surface area contributed by atoms with E-state index in [4.69, 9.17) is 9.98 Å².